The summed E-state index contributed by atoms with van der Waals surface area (Å²) in [6.07, 6.45) is -5.89. The van der Waals surface area contributed by atoms with Crippen LogP contribution in [-0.4, -0.2) is 4.98 Å². The van der Waals surface area contributed by atoms with E-state index >= 15 is 0 Å². The molecule has 0 atom stereocenters. The standard InChI is InChI=1S/C11H6F5N/c12-5-1-2-6-7(10(13)14)4-9(11(15)16)17-8(6)3-5/h1-4,10-11H. The highest BCUT2D eigenvalue weighted by atomic mass is 19.3. The van der Waals surface area contributed by atoms with Gasteiger partial charge in [-0.05, 0) is 18.2 Å². The molecule has 2 aromatic rings. The Labute approximate surface area is 92.9 Å². The van der Waals surface area contributed by atoms with E-state index in [-0.39, 0.29) is 10.9 Å². The van der Waals surface area contributed by atoms with Gasteiger partial charge in [0.1, 0.15) is 11.5 Å². The Balaban J connectivity index is 2.76. The molecule has 0 aliphatic carbocycles. The molecule has 90 valence electrons. The molecule has 1 aromatic heterocycles. The van der Waals surface area contributed by atoms with Crippen LogP contribution in [0.15, 0.2) is 24.3 Å². The summed E-state index contributed by atoms with van der Waals surface area (Å²) in [5.41, 5.74) is -1.54. The van der Waals surface area contributed by atoms with Crippen LogP contribution in [0.1, 0.15) is 24.1 Å². The van der Waals surface area contributed by atoms with Crippen molar-refractivity contribution in [2.45, 2.75) is 12.9 Å². The Morgan fingerprint density at radius 1 is 0.941 bits per heavy atom. The Morgan fingerprint density at radius 3 is 2.24 bits per heavy atom. The van der Waals surface area contributed by atoms with E-state index < -0.39 is 29.9 Å². The van der Waals surface area contributed by atoms with Gasteiger partial charge in [0.2, 0.25) is 0 Å². The van der Waals surface area contributed by atoms with Crippen LogP contribution in [-0.2, 0) is 0 Å². The van der Waals surface area contributed by atoms with Gasteiger partial charge in [-0.25, -0.2) is 26.9 Å². The third-order valence-corrected chi connectivity index (χ3v) is 2.28. The van der Waals surface area contributed by atoms with Gasteiger partial charge in [0, 0.05) is 17.0 Å². The minimum Gasteiger partial charge on any atom is -0.247 e. The number of hydrogen-bond donors (Lipinski definition) is 0. The second kappa shape index (κ2) is 4.27. The predicted molar refractivity (Wildman–Crippen MR) is 51.6 cm³/mol. The predicted octanol–water partition coefficient (Wildman–Crippen LogP) is 4.25. The number of halogens is 5. The maximum absolute atomic E-state index is 12.9. The molecule has 1 nitrogen and oxygen atoms in total. The first-order chi connectivity index (χ1) is 7.99. The van der Waals surface area contributed by atoms with E-state index in [0.717, 1.165) is 18.2 Å². The quantitative estimate of drug-likeness (QED) is 0.723. The smallest absolute Gasteiger partial charge is 0.247 e. The van der Waals surface area contributed by atoms with Gasteiger partial charge in [0.15, 0.2) is 0 Å². The number of nitrogens with zero attached hydrogens (tertiary/aromatic N) is 1. The van der Waals surface area contributed by atoms with Crippen LogP contribution in [0.5, 0.6) is 0 Å². The van der Waals surface area contributed by atoms with Crippen molar-refractivity contribution < 1.29 is 22.0 Å². The summed E-state index contributed by atoms with van der Waals surface area (Å²) in [7, 11) is 0. The van der Waals surface area contributed by atoms with Crippen LogP contribution in [0, 0.1) is 5.82 Å². The zero-order chi connectivity index (χ0) is 12.6. The van der Waals surface area contributed by atoms with Gasteiger partial charge >= 0.3 is 0 Å². The molecule has 0 saturated carbocycles. The first kappa shape index (κ1) is 11.8. The molecule has 0 amide bonds. The molecule has 6 heteroatoms. The fourth-order valence-electron chi connectivity index (χ4n) is 1.54. The van der Waals surface area contributed by atoms with Gasteiger partial charge in [0.05, 0.1) is 5.52 Å². The molecule has 2 rings (SSSR count). The van der Waals surface area contributed by atoms with Crippen molar-refractivity contribution in [3.05, 3.63) is 41.3 Å². The van der Waals surface area contributed by atoms with Crippen molar-refractivity contribution in [1.82, 2.24) is 4.98 Å². The summed E-state index contributed by atoms with van der Waals surface area (Å²) in [5, 5.41) is -0.0224. The normalized spacial score (nSPS) is 11.7. The molecule has 0 spiro atoms. The fourth-order valence-corrected chi connectivity index (χ4v) is 1.54. The Bertz CT molecular complexity index is 553. The molecule has 0 fully saturated rings. The number of fused-ring (bicyclic) bond motifs is 1. The minimum absolute atomic E-state index is 0.0224. The van der Waals surface area contributed by atoms with Gasteiger partial charge in [-0.3, -0.25) is 0 Å². The highest BCUT2D eigenvalue weighted by Gasteiger charge is 2.18. The van der Waals surface area contributed by atoms with E-state index in [1.165, 1.54) is 0 Å². The molecule has 0 unspecified atom stereocenters. The first-order valence-corrected chi connectivity index (χ1v) is 4.65. The molecule has 0 N–H and O–H groups in total. The van der Waals surface area contributed by atoms with E-state index in [0.29, 0.717) is 6.07 Å². The van der Waals surface area contributed by atoms with Crippen LogP contribution < -0.4 is 0 Å². The van der Waals surface area contributed by atoms with Gasteiger partial charge in [-0.15, -0.1) is 0 Å². The van der Waals surface area contributed by atoms with E-state index in [1.54, 1.807) is 0 Å². The van der Waals surface area contributed by atoms with Crippen molar-refractivity contribution in [2.75, 3.05) is 0 Å². The lowest BCUT2D eigenvalue weighted by molar-refractivity contribution is 0.141. The van der Waals surface area contributed by atoms with E-state index in [4.69, 9.17) is 0 Å². The molecule has 0 aliphatic rings. The van der Waals surface area contributed by atoms with Crippen LogP contribution in [0.4, 0.5) is 22.0 Å². The highest BCUT2D eigenvalue weighted by Crippen LogP contribution is 2.30. The van der Waals surface area contributed by atoms with Gasteiger partial charge < -0.3 is 0 Å². The number of pyridine rings is 1. The second-order valence-corrected chi connectivity index (χ2v) is 3.40. The summed E-state index contributed by atoms with van der Waals surface area (Å²) >= 11 is 0. The van der Waals surface area contributed by atoms with Crippen molar-refractivity contribution in [1.29, 1.82) is 0 Å². The maximum atomic E-state index is 12.9. The Morgan fingerprint density at radius 2 is 1.65 bits per heavy atom. The average Bonchev–Trinajstić information content (AvgIpc) is 2.26. The molecular formula is C11H6F5N. The van der Waals surface area contributed by atoms with Crippen molar-refractivity contribution in [3.63, 3.8) is 0 Å². The molecule has 17 heavy (non-hydrogen) atoms. The molecule has 1 heterocycles. The highest BCUT2D eigenvalue weighted by molar-refractivity contribution is 5.82. The Hall–Kier alpha value is -1.72. The van der Waals surface area contributed by atoms with E-state index in [9.17, 15) is 22.0 Å². The minimum atomic E-state index is -2.97. The van der Waals surface area contributed by atoms with E-state index in [1.807, 2.05) is 0 Å². The topological polar surface area (TPSA) is 12.9 Å². The molecule has 0 bridgehead atoms. The number of rotatable bonds is 2. The average molecular weight is 247 g/mol. The third kappa shape index (κ3) is 2.20. The lowest BCUT2D eigenvalue weighted by Crippen LogP contribution is -1.97. The lowest BCUT2D eigenvalue weighted by Gasteiger charge is -2.08. The summed E-state index contributed by atoms with van der Waals surface area (Å²) in [5.74, 6) is -0.711. The van der Waals surface area contributed by atoms with Crippen LogP contribution in [0.3, 0.4) is 0 Å². The summed E-state index contributed by atoms with van der Waals surface area (Å²) in [6.45, 7) is 0. The van der Waals surface area contributed by atoms with Crippen molar-refractivity contribution in [2.24, 2.45) is 0 Å². The summed E-state index contributed by atoms with van der Waals surface area (Å²) < 4.78 is 63.1. The largest absolute Gasteiger partial charge is 0.280 e. The maximum Gasteiger partial charge on any atom is 0.280 e. The first-order valence-electron chi connectivity index (χ1n) is 4.65. The van der Waals surface area contributed by atoms with Gasteiger partial charge in [0.25, 0.3) is 12.9 Å². The van der Waals surface area contributed by atoms with Gasteiger partial charge in [-0.1, -0.05) is 0 Å². The molecule has 0 radical (unpaired) electrons. The molecule has 0 aliphatic heterocycles. The van der Waals surface area contributed by atoms with E-state index in [2.05, 4.69) is 4.98 Å². The van der Waals surface area contributed by atoms with Crippen LogP contribution in [0.2, 0.25) is 0 Å². The molecule has 1 aromatic carbocycles. The lowest BCUT2D eigenvalue weighted by atomic mass is 10.1. The third-order valence-electron chi connectivity index (χ3n) is 2.28. The Kier molecular flexibility index (Phi) is 2.95. The summed E-state index contributed by atoms with van der Waals surface area (Å²) in [6, 6.07) is 3.59. The monoisotopic (exact) mass is 247 g/mol. The van der Waals surface area contributed by atoms with Crippen molar-refractivity contribution >= 4 is 10.9 Å². The number of benzene rings is 1. The zero-order valence-electron chi connectivity index (χ0n) is 8.30. The molecular weight excluding hydrogens is 241 g/mol. The summed E-state index contributed by atoms with van der Waals surface area (Å²) in [4.78, 5) is 3.46. The van der Waals surface area contributed by atoms with Gasteiger partial charge in [-0.2, -0.15) is 0 Å². The van der Waals surface area contributed by atoms with Crippen LogP contribution >= 0.6 is 0 Å². The zero-order valence-corrected chi connectivity index (χ0v) is 8.30. The SMILES string of the molecule is Fc1ccc2c(C(F)F)cc(C(F)F)nc2c1. The molecule has 0 saturated heterocycles. The fraction of sp³-hybridized carbons (Fsp3) is 0.182. The second-order valence-electron chi connectivity index (χ2n) is 3.40. The number of alkyl halides is 4. The van der Waals surface area contributed by atoms with Crippen LogP contribution in [0.25, 0.3) is 10.9 Å². The number of aromatic nitrogens is 1. The number of hydrogen-bond acceptors (Lipinski definition) is 1. The van der Waals surface area contributed by atoms with Crippen molar-refractivity contribution in [3.8, 4) is 0 Å².